The van der Waals surface area contributed by atoms with E-state index in [0.717, 1.165) is 6.07 Å². The van der Waals surface area contributed by atoms with Crippen LogP contribution in [0.25, 0.3) is 0 Å². The molecule has 0 heterocycles. The van der Waals surface area contributed by atoms with Crippen molar-refractivity contribution in [2.24, 2.45) is 5.73 Å². The van der Waals surface area contributed by atoms with Crippen molar-refractivity contribution in [1.82, 2.24) is 0 Å². The molecule has 0 aromatic heterocycles. The fourth-order valence-corrected chi connectivity index (χ4v) is 1.61. The first kappa shape index (κ1) is 15.4. The van der Waals surface area contributed by atoms with Gasteiger partial charge in [-0.1, -0.05) is 13.8 Å². The molecule has 7 heteroatoms. The van der Waals surface area contributed by atoms with Crippen LogP contribution in [0.15, 0.2) is 18.2 Å². The normalized spacial score (nSPS) is 14.3. The molecule has 0 aliphatic heterocycles. The Labute approximate surface area is 107 Å². The lowest BCUT2D eigenvalue weighted by Gasteiger charge is -2.29. The van der Waals surface area contributed by atoms with Crippen molar-refractivity contribution in [3.63, 3.8) is 0 Å². The number of carbonyl (C=O) groups is 1. The number of carboxylic acid groups (broad SMARTS) is 1. The van der Waals surface area contributed by atoms with Crippen molar-refractivity contribution < 1.29 is 27.5 Å². The van der Waals surface area contributed by atoms with Crippen molar-refractivity contribution in [3.05, 3.63) is 35.1 Å². The summed E-state index contributed by atoms with van der Waals surface area (Å²) in [5.74, 6) is -2.46. The molecule has 0 saturated heterocycles. The molecule has 1 aromatic rings. The molecule has 19 heavy (non-hydrogen) atoms. The zero-order valence-electron chi connectivity index (χ0n) is 10.3. The van der Waals surface area contributed by atoms with Crippen LogP contribution < -0.4 is 5.73 Å². The number of alkyl halides is 3. The third-order valence-electron chi connectivity index (χ3n) is 3.01. The fraction of sp³-hybridized carbons (Fsp3) is 0.417. The van der Waals surface area contributed by atoms with E-state index in [-0.39, 0.29) is 5.56 Å². The number of nitrogens with two attached hydrogens (primary N) is 1. The highest BCUT2D eigenvalue weighted by Gasteiger charge is 2.37. The molecule has 0 amide bonds. The summed E-state index contributed by atoms with van der Waals surface area (Å²) in [5.41, 5.74) is 2.80. The highest BCUT2D eigenvalue weighted by atomic mass is 19.4. The Morgan fingerprint density at radius 2 is 1.68 bits per heavy atom. The zero-order chi connectivity index (χ0) is 15.0. The molecular formula is C12H13F4NO2. The summed E-state index contributed by atoms with van der Waals surface area (Å²) in [5, 5.41) is 8.84. The van der Waals surface area contributed by atoms with Crippen LogP contribution in [0.5, 0.6) is 0 Å². The van der Waals surface area contributed by atoms with E-state index in [1.165, 1.54) is 13.8 Å². The van der Waals surface area contributed by atoms with Gasteiger partial charge in [-0.05, 0) is 23.8 Å². The molecule has 0 bridgehead atoms. The second kappa shape index (κ2) is 4.80. The first-order valence-corrected chi connectivity index (χ1v) is 5.33. The standard InChI is InChI=1S/C12H13F4NO2/c1-11(2,9(17)10(18)19)6-3-7(12(14,15)16)5-8(13)4-6/h3-5,9H,17H2,1-2H3,(H,18,19). The summed E-state index contributed by atoms with van der Waals surface area (Å²) in [6, 6.07) is 0.478. The quantitative estimate of drug-likeness (QED) is 0.836. The van der Waals surface area contributed by atoms with Crippen LogP contribution in [0.2, 0.25) is 0 Å². The van der Waals surface area contributed by atoms with Gasteiger partial charge >= 0.3 is 12.1 Å². The summed E-state index contributed by atoms with van der Waals surface area (Å²) >= 11 is 0. The van der Waals surface area contributed by atoms with E-state index < -0.39 is 35.0 Å². The van der Waals surface area contributed by atoms with Crippen LogP contribution in [0.4, 0.5) is 17.6 Å². The monoisotopic (exact) mass is 279 g/mol. The summed E-state index contributed by atoms with van der Waals surface area (Å²) in [6.07, 6.45) is -4.71. The largest absolute Gasteiger partial charge is 0.480 e. The van der Waals surface area contributed by atoms with Crippen LogP contribution in [-0.2, 0) is 16.4 Å². The maximum atomic E-state index is 13.3. The molecule has 0 aliphatic rings. The number of rotatable bonds is 3. The lowest BCUT2D eigenvalue weighted by Crippen LogP contribution is -2.46. The topological polar surface area (TPSA) is 63.3 Å². The smallest absolute Gasteiger partial charge is 0.416 e. The van der Waals surface area contributed by atoms with Gasteiger partial charge < -0.3 is 10.8 Å². The van der Waals surface area contributed by atoms with Crippen LogP contribution in [-0.4, -0.2) is 17.1 Å². The van der Waals surface area contributed by atoms with Crippen molar-refractivity contribution in [2.75, 3.05) is 0 Å². The average molecular weight is 279 g/mol. The van der Waals surface area contributed by atoms with Crippen molar-refractivity contribution in [1.29, 1.82) is 0 Å². The zero-order valence-corrected chi connectivity index (χ0v) is 10.3. The molecule has 1 aromatic carbocycles. The Morgan fingerprint density at radius 3 is 2.11 bits per heavy atom. The third-order valence-corrected chi connectivity index (χ3v) is 3.01. The predicted octanol–water partition coefficient (Wildman–Crippen LogP) is 2.53. The minimum atomic E-state index is -4.71. The van der Waals surface area contributed by atoms with Crippen LogP contribution in [0.1, 0.15) is 25.0 Å². The SMILES string of the molecule is CC(C)(c1cc(F)cc(C(F)(F)F)c1)C(N)C(=O)O. The van der Waals surface area contributed by atoms with E-state index in [0.29, 0.717) is 12.1 Å². The first-order valence-electron chi connectivity index (χ1n) is 5.33. The molecular weight excluding hydrogens is 266 g/mol. The van der Waals surface area contributed by atoms with E-state index in [1.807, 2.05) is 0 Å². The van der Waals surface area contributed by atoms with Gasteiger partial charge in [0.2, 0.25) is 0 Å². The van der Waals surface area contributed by atoms with E-state index >= 15 is 0 Å². The number of hydrogen-bond donors (Lipinski definition) is 2. The van der Waals surface area contributed by atoms with Gasteiger partial charge in [-0.25, -0.2) is 4.39 Å². The summed E-state index contributed by atoms with van der Waals surface area (Å²) in [4.78, 5) is 10.8. The minimum Gasteiger partial charge on any atom is -0.480 e. The maximum absolute atomic E-state index is 13.3. The van der Waals surface area contributed by atoms with Gasteiger partial charge in [0.1, 0.15) is 11.9 Å². The van der Waals surface area contributed by atoms with Gasteiger partial charge in [0.15, 0.2) is 0 Å². The van der Waals surface area contributed by atoms with E-state index in [2.05, 4.69) is 0 Å². The van der Waals surface area contributed by atoms with Gasteiger partial charge in [-0.15, -0.1) is 0 Å². The molecule has 1 unspecified atom stereocenters. The Hall–Kier alpha value is -1.63. The van der Waals surface area contributed by atoms with Crippen LogP contribution >= 0.6 is 0 Å². The van der Waals surface area contributed by atoms with E-state index in [4.69, 9.17) is 10.8 Å². The third kappa shape index (κ3) is 3.23. The molecule has 0 radical (unpaired) electrons. The first-order chi connectivity index (χ1) is 8.46. The second-order valence-corrected chi connectivity index (χ2v) is 4.76. The van der Waals surface area contributed by atoms with Crippen molar-refractivity contribution in [3.8, 4) is 0 Å². The Bertz CT molecular complexity index is 497. The minimum absolute atomic E-state index is 0.116. The Balaban J connectivity index is 3.35. The second-order valence-electron chi connectivity index (χ2n) is 4.76. The van der Waals surface area contributed by atoms with Gasteiger partial charge in [-0.3, -0.25) is 4.79 Å². The molecule has 1 atom stereocenters. The molecule has 1 rings (SSSR count). The number of hydrogen-bond acceptors (Lipinski definition) is 2. The molecule has 0 aliphatic carbocycles. The molecule has 3 N–H and O–H groups in total. The van der Waals surface area contributed by atoms with Crippen LogP contribution in [0.3, 0.4) is 0 Å². The number of aliphatic carboxylic acids is 1. The van der Waals surface area contributed by atoms with Gasteiger partial charge in [-0.2, -0.15) is 13.2 Å². The molecule has 0 fully saturated rings. The Kier molecular flexibility index (Phi) is 3.90. The summed E-state index contributed by atoms with van der Waals surface area (Å²) < 4.78 is 51.0. The summed E-state index contributed by atoms with van der Waals surface area (Å²) in [7, 11) is 0. The molecule has 0 spiro atoms. The summed E-state index contributed by atoms with van der Waals surface area (Å²) in [6.45, 7) is 2.70. The average Bonchev–Trinajstić information content (AvgIpc) is 2.25. The van der Waals surface area contributed by atoms with Gasteiger partial charge in [0.25, 0.3) is 0 Å². The highest BCUT2D eigenvalue weighted by molar-refractivity contribution is 5.75. The molecule has 0 saturated carbocycles. The molecule has 106 valence electrons. The van der Waals surface area contributed by atoms with E-state index in [1.54, 1.807) is 0 Å². The number of halogens is 4. The van der Waals surface area contributed by atoms with Gasteiger partial charge in [0, 0.05) is 5.41 Å². The van der Waals surface area contributed by atoms with Crippen LogP contribution in [0, 0.1) is 5.82 Å². The lowest BCUT2D eigenvalue weighted by molar-refractivity contribution is -0.140. The lowest BCUT2D eigenvalue weighted by atomic mass is 9.77. The maximum Gasteiger partial charge on any atom is 0.416 e. The fourth-order valence-electron chi connectivity index (χ4n) is 1.61. The Morgan fingerprint density at radius 1 is 1.21 bits per heavy atom. The van der Waals surface area contributed by atoms with Crippen molar-refractivity contribution >= 4 is 5.97 Å². The highest BCUT2D eigenvalue weighted by Crippen LogP contribution is 2.34. The number of carboxylic acids is 1. The number of benzene rings is 1. The van der Waals surface area contributed by atoms with Crippen molar-refractivity contribution in [2.45, 2.75) is 31.5 Å². The predicted molar refractivity (Wildman–Crippen MR) is 60.0 cm³/mol. The molecule has 3 nitrogen and oxygen atoms in total. The van der Waals surface area contributed by atoms with Gasteiger partial charge in [0.05, 0.1) is 5.56 Å². The van der Waals surface area contributed by atoms with E-state index in [9.17, 15) is 22.4 Å².